The quantitative estimate of drug-likeness (QED) is 0.579. The largest absolute Gasteiger partial charge is 0.298 e. The molecule has 1 aromatic carbocycles. The van der Waals surface area contributed by atoms with Crippen LogP contribution >= 0.6 is 23.7 Å². The molecule has 0 radical (unpaired) electrons. The molecule has 0 bridgehead atoms. The molecule has 0 unspecified atom stereocenters. The Balaban J connectivity index is 0.00000341. The second kappa shape index (κ2) is 11.4. The van der Waals surface area contributed by atoms with Gasteiger partial charge in [0.15, 0.2) is 5.13 Å². The van der Waals surface area contributed by atoms with Crippen LogP contribution in [0.15, 0.2) is 29.2 Å². The van der Waals surface area contributed by atoms with Crippen LogP contribution in [-0.2, 0) is 23.0 Å². The number of anilines is 1. The van der Waals surface area contributed by atoms with E-state index in [0.717, 1.165) is 51.0 Å². The van der Waals surface area contributed by atoms with Crippen LogP contribution in [0.4, 0.5) is 5.13 Å². The molecule has 1 N–H and O–H groups in total. The minimum atomic E-state index is -3.54. The van der Waals surface area contributed by atoms with Crippen LogP contribution in [0, 0.1) is 0 Å². The molecule has 172 valence electrons. The highest BCUT2D eigenvalue weighted by Crippen LogP contribution is 2.28. The van der Waals surface area contributed by atoms with Crippen LogP contribution in [-0.4, -0.2) is 55.2 Å². The number of rotatable bonds is 9. The van der Waals surface area contributed by atoms with Gasteiger partial charge in [-0.2, -0.15) is 0 Å². The maximum Gasteiger partial charge on any atom is 0.257 e. The summed E-state index contributed by atoms with van der Waals surface area (Å²) >= 11 is 1.52. The summed E-state index contributed by atoms with van der Waals surface area (Å²) in [4.78, 5) is 21.0. The third-order valence-corrected chi connectivity index (χ3v) is 8.09. The van der Waals surface area contributed by atoms with Crippen molar-refractivity contribution in [1.29, 1.82) is 0 Å². The summed E-state index contributed by atoms with van der Waals surface area (Å²) in [5.41, 5.74) is 1.48. The molecular weight excluding hydrogens is 456 g/mol. The van der Waals surface area contributed by atoms with E-state index in [1.54, 1.807) is 19.2 Å². The fraction of sp³-hybridized carbons (Fsp3) is 0.524. The van der Waals surface area contributed by atoms with Gasteiger partial charge in [0, 0.05) is 43.5 Å². The van der Waals surface area contributed by atoms with Gasteiger partial charge in [0.2, 0.25) is 10.0 Å². The number of thiazole rings is 1. The molecule has 0 spiro atoms. The van der Waals surface area contributed by atoms with Crippen molar-refractivity contribution in [2.45, 2.75) is 51.0 Å². The van der Waals surface area contributed by atoms with E-state index < -0.39 is 10.0 Å². The molecule has 3 rings (SSSR count). The molecule has 31 heavy (non-hydrogen) atoms. The predicted octanol–water partition coefficient (Wildman–Crippen LogP) is 4.01. The van der Waals surface area contributed by atoms with Crippen molar-refractivity contribution in [1.82, 2.24) is 14.2 Å². The van der Waals surface area contributed by atoms with Crippen LogP contribution in [0.3, 0.4) is 0 Å². The van der Waals surface area contributed by atoms with Crippen molar-refractivity contribution in [3.63, 3.8) is 0 Å². The Labute approximate surface area is 195 Å². The Morgan fingerprint density at radius 3 is 2.58 bits per heavy atom. The summed E-state index contributed by atoms with van der Waals surface area (Å²) in [7, 11) is -1.96. The third kappa shape index (κ3) is 6.26. The number of unbranched alkanes of at least 4 members (excludes halogenated alkanes) is 1. The first-order valence-corrected chi connectivity index (χ1v) is 12.7. The van der Waals surface area contributed by atoms with Gasteiger partial charge in [-0.15, -0.1) is 23.7 Å². The first kappa shape index (κ1) is 25.7. The van der Waals surface area contributed by atoms with Crippen molar-refractivity contribution in [3.05, 3.63) is 40.4 Å². The van der Waals surface area contributed by atoms with E-state index in [9.17, 15) is 13.2 Å². The molecule has 0 saturated heterocycles. The minimum Gasteiger partial charge on any atom is -0.298 e. The molecular formula is C21H31ClN4O3S2. The molecule has 0 aliphatic carbocycles. The fourth-order valence-corrected chi connectivity index (χ4v) is 5.69. The molecule has 1 aliphatic heterocycles. The lowest BCUT2D eigenvalue weighted by Crippen LogP contribution is -2.30. The zero-order valence-electron chi connectivity index (χ0n) is 18.3. The predicted molar refractivity (Wildman–Crippen MR) is 128 cm³/mol. The van der Waals surface area contributed by atoms with Gasteiger partial charge in [0.05, 0.1) is 10.6 Å². The van der Waals surface area contributed by atoms with Crippen molar-refractivity contribution in [3.8, 4) is 0 Å². The smallest absolute Gasteiger partial charge is 0.257 e. The van der Waals surface area contributed by atoms with Crippen LogP contribution in [0.1, 0.15) is 54.0 Å². The van der Waals surface area contributed by atoms with Crippen LogP contribution in [0.25, 0.3) is 0 Å². The molecule has 2 heterocycles. The lowest BCUT2D eigenvalue weighted by Gasteiger charge is -2.24. The number of benzene rings is 1. The zero-order chi connectivity index (χ0) is 21.7. The van der Waals surface area contributed by atoms with Crippen molar-refractivity contribution >= 4 is 44.8 Å². The first-order chi connectivity index (χ1) is 14.3. The number of carbonyl (C=O) groups excluding carboxylic acids is 1. The van der Waals surface area contributed by atoms with Gasteiger partial charge in [0.1, 0.15) is 0 Å². The van der Waals surface area contributed by atoms with Gasteiger partial charge in [-0.05, 0) is 43.7 Å². The third-order valence-electron chi connectivity index (χ3n) is 5.22. The highest BCUT2D eigenvalue weighted by atomic mass is 35.5. The summed E-state index contributed by atoms with van der Waals surface area (Å²) < 4.78 is 26.6. The minimum absolute atomic E-state index is 0. The van der Waals surface area contributed by atoms with E-state index in [1.165, 1.54) is 32.7 Å². The van der Waals surface area contributed by atoms with Gasteiger partial charge in [0.25, 0.3) is 5.91 Å². The lowest BCUT2D eigenvalue weighted by molar-refractivity contribution is 0.102. The molecule has 1 amide bonds. The number of carbonyl (C=O) groups is 1. The van der Waals surface area contributed by atoms with Crippen LogP contribution < -0.4 is 5.32 Å². The standard InChI is InChI=1S/C21H30N4O3S2.ClH/c1-4-6-13-24(3)30(27,28)17-9-7-16(8-10-17)20(26)23-21-22-18-11-14-25(12-5-2)15-19(18)29-21;/h7-10H,4-6,11-15H2,1-3H3,(H,22,23,26);1H. The van der Waals surface area contributed by atoms with E-state index in [4.69, 9.17) is 0 Å². The molecule has 7 nitrogen and oxygen atoms in total. The molecule has 0 fully saturated rings. The summed E-state index contributed by atoms with van der Waals surface area (Å²) in [6.45, 7) is 7.63. The second-order valence-corrected chi connectivity index (χ2v) is 10.7. The van der Waals surface area contributed by atoms with E-state index in [-0.39, 0.29) is 23.2 Å². The number of halogens is 1. The van der Waals surface area contributed by atoms with Gasteiger partial charge in [-0.1, -0.05) is 20.3 Å². The molecule has 0 atom stereocenters. The monoisotopic (exact) mass is 486 g/mol. The molecule has 1 aliphatic rings. The number of hydrogen-bond donors (Lipinski definition) is 1. The van der Waals surface area contributed by atoms with E-state index in [0.29, 0.717) is 17.2 Å². The Bertz CT molecular complexity index is 977. The Morgan fingerprint density at radius 2 is 1.94 bits per heavy atom. The topological polar surface area (TPSA) is 82.6 Å². The Kier molecular flexibility index (Phi) is 9.45. The normalized spacial score (nSPS) is 14.2. The molecule has 2 aromatic rings. The Hall–Kier alpha value is -1.52. The second-order valence-electron chi connectivity index (χ2n) is 7.57. The average molecular weight is 487 g/mol. The van der Waals surface area contributed by atoms with Gasteiger partial charge in [-0.25, -0.2) is 17.7 Å². The SMILES string of the molecule is CCCCN(C)S(=O)(=O)c1ccc(C(=O)Nc2nc3c(s2)CN(CCC)CC3)cc1.Cl. The van der Waals surface area contributed by atoms with Gasteiger partial charge < -0.3 is 0 Å². The summed E-state index contributed by atoms with van der Waals surface area (Å²) in [5.74, 6) is -0.283. The molecule has 1 aromatic heterocycles. The van der Waals surface area contributed by atoms with Gasteiger partial charge >= 0.3 is 0 Å². The van der Waals surface area contributed by atoms with E-state index >= 15 is 0 Å². The molecule has 10 heteroatoms. The maximum atomic E-state index is 12.6. The number of nitrogens with one attached hydrogen (secondary N) is 1. The maximum absolute atomic E-state index is 12.6. The summed E-state index contributed by atoms with van der Waals surface area (Å²) in [6, 6.07) is 6.07. The number of amides is 1. The van der Waals surface area contributed by atoms with Crippen molar-refractivity contribution < 1.29 is 13.2 Å². The number of sulfonamides is 1. The highest BCUT2D eigenvalue weighted by Gasteiger charge is 2.22. The summed E-state index contributed by atoms with van der Waals surface area (Å²) in [6.07, 6.45) is 3.76. The van der Waals surface area contributed by atoms with Gasteiger partial charge in [-0.3, -0.25) is 15.0 Å². The van der Waals surface area contributed by atoms with Crippen molar-refractivity contribution in [2.24, 2.45) is 0 Å². The fourth-order valence-electron chi connectivity index (χ4n) is 3.44. The van der Waals surface area contributed by atoms with Crippen molar-refractivity contribution in [2.75, 3.05) is 32.0 Å². The average Bonchev–Trinajstić information content (AvgIpc) is 3.13. The van der Waals surface area contributed by atoms with Crippen LogP contribution in [0.5, 0.6) is 0 Å². The zero-order valence-corrected chi connectivity index (χ0v) is 20.7. The number of nitrogens with zero attached hydrogens (tertiary/aromatic N) is 3. The Morgan fingerprint density at radius 1 is 1.23 bits per heavy atom. The number of aromatic nitrogens is 1. The van der Waals surface area contributed by atoms with E-state index in [2.05, 4.69) is 22.1 Å². The highest BCUT2D eigenvalue weighted by molar-refractivity contribution is 7.89. The lowest BCUT2D eigenvalue weighted by atomic mass is 10.2. The summed E-state index contributed by atoms with van der Waals surface area (Å²) in [5, 5.41) is 3.46. The number of hydrogen-bond acceptors (Lipinski definition) is 6. The molecule has 0 saturated carbocycles. The first-order valence-electron chi connectivity index (χ1n) is 10.4. The van der Waals surface area contributed by atoms with Crippen LogP contribution in [0.2, 0.25) is 0 Å². The van der Waals surface area contributed by atoms with E-state index in [1.807, 2.05) is 6.92 Å². The number of fused-ring (bicyclic) bond motifs is 1.